The van der Waals surface area contributed by atoms with Crippen LogP contribution in [0.2, 0.25) is 0 Å². The van der Waals surface area contributed by atoms with Crippen molar-refractivity contribution in [2.45, 2.75) is 70.0 Å². The standard InChI is InChI=1S/C22H32N4O2S/c1-6-26-20(17-10-12-18(28-5)13-11-17)24-25-22(26)29-16(4)21(27)23-19-9-7-8-14(2)15(19)3/h10-16,19H,6-9H2,1-5H3,(H,23,27)/t14-,15-,16+,19-/m0/s1. The highest BCUT2D eigenvalue weighted by Crippen LogP contribution is 2.31. The zero-order chi connectivity index (χ0) is 21.0. The van der Waals surface area contributed by atoms with Gasteiger partial charge < -0.3 is 14.6 Å². The summed E-state index contributed by atoms with van der Waals surface area (Å²) in [6.45, 7) is 9.28. The average Bonchev–Trinajstić information content (AvgIpc) is 3.13. The predicted molar refractivity (Wildman–Crippen MR) is 117 cm³/mol. The Labute approximate surface area is 177 Å². The molecule has 1 aliphatic carbocycles. The van der Waals surface area contributed by atoms with Gasteiger partial charge in [-0.3, -0.25) is 4.79 Å². The van der Waals surface area contributed by atoms with Crippen LogP contribution in [0.5, 0.6) is 5.75 Å². The number of hydrogen-bond acceptors (Lipinski definition) is 5. The van der Waals surface area contributed by atoms with Gasteiger partial charge in [-0.25, -0.2) is 0 Å². The van der Waals surface area contributed by atoms with Gasteiger partial charge in [0.25, 0.3) is 0 Å². The molecule has 1 fully saturated rings. The number of hydrogen-bond donors (Lipinski definition) is 1. The van der Waals surface area contributed by atoms with E-state index in [-0.39, 0.29) is 17.2 Å². The molecule has 1 heterocycles. The number of benzene rings is 1. The number of rotatable bonds is 7. The van der Waals surface area contributed by atoms with E-state index < -0.39 is 0 Å². The molecule has 0 radical (unpaired) electrons. The topological polar surface area (TPSA) is 69.0 Å². The highest BCUT2D eigenvalue weighted by atomic mass is 32.2. The van der Waals surface area contributed by atoms with Crippen LogP contribution in [0, 0.1) is 11.8 Å². The first kappa shape index (κ1) is 21.7. The second kappa shape index (κ2) is 9.65. The molecule has 0 bridgehead atoms. The lowest BCUT2D eigenvalue weighted by atomic mass is 9.78. The molecule has 0 unspecified atom stereocenters. The minimum Gasteiger partial charge on any atom is -0.497 e. The van der Waals surface area contributed by atoms with Crippen LogP contribution in [-0.2, 0) is 11.3 Å². The summed E-state index contributed by atoms with van der Waals surface area (Å²) in [6, 6.07) is 8.06. The molecule has 1 aromatic heterocycles. The summed E-state index contributed by atoms with van der Waals surface area (Å²) in [4.78, 5) is 12.8. The quantitative estimate of drug-likeness (QED) is 0.678. The molecule has 3 rings (SSSR count). The lowest BCUT2D eigenvalue weighted by molar-refractivity contribution is -0.121. The maximum atomic E-state index is 12.8. The van der Waals surface area contributed by atoms with Crippen LogP contribution >= 0.6 is 11.8 Å². The zero-order valence-corrected chi connectivity index (χ0v) is 18.8. The molecule has 158 valence electrons. The zero-order valence-electron chi connectivity index (χ0n) is 18.0. The van der Waals surface area contributed by atoms with Crippen molar-refractivity contribution in [3.05, 3.63) is 24.3 Å². The Morgan fingerprint density at radius 2 is 2.00 bits per heavy atom. The smallest absolute Gasteiger partial charge is 0.233 e. The van der Waals surface area contributed by atoms with E-state index in [2.05, 4.69) is 40.9 Å². The lowest BCUT2D eigenvalue weighted by Gasteiger charge is -2.35. The van der Waals surface area contributed by atoms with Crippen molar-refractivity contribution in [2.24, 2.45) is 11.8 Å². The molecule has 6 nitrogen and oxygen atoms in total. The van der Waals surface area contributed by atoms with Crippen LogP contribution in [0.1, 0.15) is 47.0 Å². The Morgan fingerprint density at radius 1 is 1.28 bits per heavy atom. The number of nitrogens with zero attached hydrogens (tertiary/aromatic N) is 3. The maximum Gasteiger partial charge on any atom is 0.233 e. The van der Waals surface area contributed by atoms with E-state index in [0.717, 1.165) is 35.3 Å². The van der Waals surface area contributed by atoms with Crippen molar-refractivity contribution in [2.75, 3.05) is 7.11 Å². The number of carbonyl (C=O) groups excluding carboxylic acids is 1. The third kappa shape index (κ3) is 4.94. The molecule has 1 N–H and O–H groups in total. The number of ether oxygens (including phenoxy) is 1. The van der Waals surface area contributed by atoms with Crippen LogP contribution in [0.15, 0.2) is 29.4 Å². The molecular formula is C22H32N4O2S. The summed E-state index contributed by atoms with van der Waals surface area (Å²) in [7, 11) is 1.65. The largest absolute Gasteiger partial charge is 0.497 e. The molecule has 29 heavy (non-hydrogen) atoms. The summed E-state index contributed by atoms with van der Waals surface area (Å²) in [5.74, 6) is 2.87. The normalized spacial score (nSPS) is 22.9. The van der Waals surface area contributed by atoms with E-state index in [1.807, 2.05) is 31.2 Å². The van der Waals surface area contributed by atoms with Gasteiger partial charge in [0.2, 0.25) is 5.91 Å². The summed E-state index contributed by atoms with van der Waals surface area (Å²) in [5, 5.41) is 12.6. The average molecular weight is 417 g/mol. The van der Waals surface area contributed by atoms with Crippen molar-refractivity contribution >= 4 is 17.7 Å². The Bertz CT molecular complexity index is 821. The third-order valence-electron chi connectivity index (χ3n) is 6.07. The first-order chi connectivity index (χ1) is 13.9. The van der Waals surface area contributed by atoms with Crippen molar-refractivity contribution in [3.8, 4) is 17.1 Å². The number of nitrogens with one attached hydrogen (secondary N) is 1. The summed E-state index contributed by atoms with van der Waals surface area (Å²) in [6.07, 6.45) is 3.51. The summed E-state index contributed by atoms with van der Waals surface area (Å²) in [5.41, 5.74) is 0.981. The number of thioether (sulfide) groups is 1. The summed E-state index contributed by atoms with van der Waals surface area (Å²) < 4.78 is 7.29. The van der Waals surface area contributed by atoms with Gasteiger partial charge in [-0.2, -0.15) is 0 Å². The molecule has 7 heteroatoms. The molecule has 2 aromatic rings. The Hall–Kier alpha value is -2.02. The fourth-order valence-electron chi connectivity index (χ4n) is 3.91. The van der Waals surface area contributed by atoms with Crippen LogP contribution in [0.3, 0.4) is 0 Å². The van der Waals surface area contributed by atoms with Crippen molar-refractivity contribution < 1.29 is 9.53 Å². The van der Waals surface area contributed by atoms with Gasteiger partial charge in [0.05, 0.1) is 12.4 Å². The third-order valence-corrected chi connectivity index (χ3v) is 7.15. The second-order valence-corrected chi connectivity index (χ2v) is 9.23. The van der Waals surface area contributed by atoms with Gasteiger partial charge in [-0.05, 0) is 56.4 Å². The van der Waals surface area contributed by atoms with Crippen LogP contribution < -0.4 is 10.1 Å². The second-order valence-electron chi connectivity index (χ2n) is 7.92. The number of amides is 1. The Kier molecular flexibility index (Phi) is 7.22. The number of carbonyl (C=O) groups is 1. The Morgan fingerprint density at radius 3 is 2.66 bits per heavy atom. The van der Waals surface area contributed by atoms with Gasteiger partial charge in [0.15, 0.2) is 11.0 Å². The number of aromatic nitrogens is 3. The first-order valence-electron chi connectivity index (χ1n) is 10.5. The van der Waals surface area contributed by atoms with E-state index in [1.54, 1.807) is 7.11 Å². The van der Waals surface area contributed by atoms with E-state index in [0.29, 0.717) is 11.8 Å². The van der Waals surface area contributed by atoms with Gasteiger partial charge in [-0.15, -0.1) is 10.2 Å². The molecule has 0 saturated heterocycles. The SMILES string of the molecule is CCn1c(S[C@H](C)C(=O)N[C@H]2CCC[C@H](C)[C@@H]2C)nnc1-c1ccc(OC)cc1. The van der Waals surface area contributed by atoms with Gasteiger partial charge in [0.1, 0.15) is 5.75 Å². The Balaban J connectivity index is 1.69. The molecule has 4 atom stereocenters. The van der Waals surface area contributed by atoms with Gasteiger partial charge >= 0.3 is 0 Å². The summed E-state index contributed by atoms with van der Waals surface area (Å²) >= 11 is 1.47. The van der Waals surface area contributed by atoms with Crippen molar-refractivity contribution in [1.82, 2.24) is 20.1 Å². The van der Waals surface area contributed by atoms with E-state index >= 15 is 0 Å². The molecule has 0 aliphatic heterocycles. The minimum absolute atomic E-state index is 0.0811. The monoisotopic (exact) mass is 416 g/mol. The van der Waals surface area contributed by atoms with Crippen LogP contribution in [0.4, 0.5) is 0 Å². The predicted octanol–water partition coefficient (Wildman–Crippen LogP) is 4.40. The van der Waals surface area contributed by atoms with Gasteiger partial charge in [0, 0.05) is 18.2 Å². The lowest BCUT2D eigenvalue weighted by Crippen LogP contribution is -2.46. The highest BCUT2D eigenvalue weighted by Gasteiger charge is 2.30. The maximum absolute atomic E-state index is 12.8. The number of methoxy groups -OCH3 is 1. The minimum atomic E-state index is -0.224. The molecular weight excluding hydrogens is 384 g/mol. The van der Waals surface area contributed by atoms with E-state index in [9.17, 15) is 4.79 Å². The molecule has 1 aromatic carbocycles. The van der Waals surface area contributed by atoms with Crippen LogP contribution in [-0.4, -0.2) is 39.1 Å². The fraction of sp³-hybridized carbons (Fsp3) is 0.591. The fourth-order valence-corrected chi connectivity index (χ4v) is 4.83. The van der Waals surface area contributed by atoms with Crippen molar-refractivity contribution in [3.63, 3.8) is 0 Å². The van der Waals surface area contributed by atoms with Gasteiger partial charge in [-0.1, -0.05) is 38.5 Å². The van der Waals surface area contributed by atoms with E-state index in [4.69, 9.17) is 4.74 Å². The highest BCUT2D eigenvalue weighted by molar-refractivity contribution is 8.00. The van der Waals surface area contributed by atoms with Crippen LogP contribution in [0.25, 0.3) is 11.4 Å². The van der Waals surface area contributed by atoms with Crippen molar-refractivity contribution in [1.29, 1.82) is 0 Å². The molecule has 1 saturated carbocycles. The molecule has 0 spiro atoms. The first-order valence-corrected chi connectivity index (χ1v) is 11.4. The molecule has 1 amide bonds. The van der Waals surface area contributed by atoms with E-state index in [1.165, 1.54) is 24.6 Å². The molecule has 1 aliphatic rings.